The first-order valence-electron chi connectivity index (χ1n) is 4.28. The third kappa shape index (κ3) is 1.09. The highest BCUT2D eigenvalue weighted by molar-refractivity contribution is 5.09. The van der Waals surface area contributed by atoms with Gasteiger partial charge in [-0.25, -0.2) is 0 Å². The highest BCUT2D eigenvalue weighted by Gasteiger charge is 2.57. The highest BCUT2D eigenvalue weighted by Crippen LogP contribution is 2.42. The fraction of sp³-hybridized carbons (Fsp3) is 0.778. The van der Waals surface area contributed by atoms with Gasteiger partial charge in [-0.05, 0) is 6.92 Å². The Morgan fingerprint density at radius 1 is 1.67 bits per heavy atom. The molecule has 2 fully saturated rings. The van der Waals surface area contributed by atoms with Crippen LogP contribution in [0.4, 0.5) is 0 Å². The Balaban J connectivity index is 2.13. The van der Waals surface area contributed by atoms with Gasteiger partial charge in [-0.3, -0.25) is 0 Å². The summed E-state index contributed by atoms with van der Waals surface area (Å²) in [4.78, 5) is 0. The Kier molecular flexibility index (Phi) is 1.75. The summed E-state index contributed by atoms with van der Waals surface area (Å²) in [5.41, 5.74) is -0.309. The van der Waals surface area contributed by atoms with Crippen LogP contribution in [-0.2, 0) is 9.47 Å². The second-order valence-corrected chi connectivity index (χ2v) is 3.65. The molecule has 68 valence electrons. The van der Waals surface area contributed by atoms with E-state index in [1.807, 2.05) is 6.92 Å². The van der Waals surface area contributed by atoms with E-state index in [9.17, 15) is 5.11 Å². The minimum atomic E-state index is -0.536. The predicted octanol–water partition coefficient (Wildman–Crippen LogP) is 0.480. The van der Waals surface area contributed by atoms with Gasteiger partial charge in [-0.1, -0.05) is 6.08 Å². The fourth-order valence-corrected chi connectivity index (χ4v) is 1.86. The number of epoxide rings is 1. The third-order valence-corrected chi connectivity index (χ3v) is 2.62. The molecule has 0 aromatic heterocycles. The van der Waals surface area contributed by atoms with Gasteiger partial charge in [0.2, 0.25) is 0 Å². The van der Waals surface area contributed by atoms with E-state index >= 15 is 0 Å². The molecule has 0 saturated carbocycles. The van der Waals surface area contributed by atoms with Gasteiger partial charge >= 0.3 is 0 Å². The first kappa shape index (κ1) is 8.23. The van der Waals surface area contributed by atoms with Gasteiger partial charge < -0.3 is 14.6 Å². The molecular weight excluding hydrogens is 156 g/mol. The van der Waals surface area contributed by atoms with Crippen molar-refractivity contribution in [2.24, 2.45) is 0 Å². The lowest BCUT2D eigenvalue weighted by Crippen LogP contribution is -2.49. The lowest BCUT2D eigenvalue weighted by molar-refractivity contribution is -0.126. The molecule has 0 amide bonds. The van der Waals surface area contributed by atoms with Crippen molar-refractivity contribution in [3.63, 3.8) is 0 Å². The Bertz CT molecular complexity index is 198. The molecule has 2 aliphatic heterocycles. The molecule has 1 N–H and O–H groups in total. The van der Waals surface area contributed by atoms with Crippen molar-refractivity contribution in [3.8, 4) is 0 Å². The van der Waals surface area contributed by atoms with Crippen LogP contribution in [0.5, 0.6) is 0 Å². The highest BCUT2D eigenvalue weighted by atomic mass is 16.6. The van der Waals surface area contributed by atoms with E-state index in [4.69, 9.17) is 9.47 Å². The molecule has 0 unspecified atom stereocenters. The maximum atomic E-state index is 9.76. The summed E-state index contributed by atoms with van der Waals surface area (Å²) < 4.78 is 10.7. The smallest absolute Gasteiger partial charge is 0.123 e. The summed E-state index contributed by atoms with van der Waals surface area (Å²) in [7, 11) is 0. The predicted molar refractivity (Wildman–Crippen MR) is 43.8 cm³/mol. The lowest BCUT2D eigenvalue weighted by Gasteiger charge is -2.35. The van der Waals surface area contributed by atoms with Crippen molar-refractivity contribution in [1.82, 2.24) is 0 Å². The largest absolute Gasteiger partial charge is 0.387 e. The van der Waals surface area contributed by atoms with Crippen molar-refractivity contribution >= 4 is 0 Å². The summed E-state index contributed by atoms with van der Waals surface area (Å²) in [6.45, 7) is 6.27. The van der Waals surface area contributed by atoms with Gasteiger partial charge in [0.25, 0.3) is 0 Å². The summed E-state index contributed by atoms with van der Waals surface area (Å²) >= 11 is 0. The van der Waals surface area contributed by atoms with Gasteiger partial charge in [0.05, 0.1) is 12.7 Å². The standard InChI is InChI=1S/C9H14O3/c1-3-7-8(10)9(5-11-9)4-6(2)12-7/h3,6-8,10H,1,4-5H2,2H3/t6-,7+,8+,9+/m0/s1. The van der Waals surface area contributed by atoms with Gasteiger partial charge in [0.1, 0.15) is 17.8 Å². The summed E-state index contributed by atoms with van der Waals surface area (Å²) in [6, 6.07) is 0. The number of hydrogen-bond donors (Lipinski definition) is 1. The van der Waals surface area contributed by atoms with Crippen LogP contribution in [0.25, 0.3) is 0 Å². The molecule has 4 atom stereocenters. The number of aliphatic hydroxyl groups is 1. The monoisotopic (exact) mass is 170 g/mol. The Morgan fingerprint density at radius 3 is 2.83 bits per heavy atom. The molecular formula is C9H14O3. The molecule has 2 heterocycles. The van der Waals surface area contributed by atoms with E-state index in [0.29, 0.717) is 6.61 Å². The first-order valence-corrected chi connectivity index (χ1v) is 4.28. The molecule has 12 heavy (non-hydrogen) atoms. The van der Waals surface area contributed by atoms with Crippen molar-refractivity contribution in [2.45, 2.75) is 37.3 Å². The van der Waals surface area contributed by atoms with Crippen molar-refractivity contribution in [3.05, 3.63) is 12.7 Å². The zero-order valence-corrected chi connectivity index (χ0v) is 7.19. The molecule has 2 aliphatic rings. The molecule has 0 aromatic rings. The number of hydrogen-bond acceptors (Lipinski definition) is 3. The normalized spacial score (nSPS) is 52.3. The molecule has 1 spiro atoms. The van der Waals surface area contributed by atoms with Crippen LogP contribution in [-0.4, -0.2) is 35.6 Å². The van der Waals surface area contributed by atoms with Crippen LogP contribution in [0.3, 0.4) is 0 Å². The molecule has 3 nitrogen and oxygen atoms in total. The van der Waals surface area contributed by atoms with Crippen LogP contribution in [0.15, 0.2) is 12.7 Å². The molecule has 0 bridgehead atoms. The van der Waals surface area contributed by atoms with Crippen LogP contribution in [0.2, 0.25) is 0 Å². The zero-order valence-electron chi connectivity index (χ0n) is 7.19. The van der Waals surface area contributed by atoms with Crippen LogP contribution in [0, 0.1) is 0 Å². The van der Waals surface area contributed by atoms with E-state index < -0.39 is 6.10 Å². The number of rotatable bonds is 1. The van der Waals surface area contributed by atoms with E-state index in [0.717, 1.165) is 6.42 Å². The summed E-state index contributed by atoms with van der Waals surface area (Å²) in [6.07, 6.45) is 1.78. The average Bonchev–Trinajstić information content (AvgIpc) is 2.78. The van der Waals surface area contributed by atoms with E-state index in [1.54, 1.807) is 6.08 Å². The quantitative estimate of drug-likeness (QED) is 0.459. The topological polar surface area (TPSA) is 42.0 Å². The van der Waals surface area contributed by atoms with Crippen LogP contribution in [0.1, 0.15) is 13.3 Å². The van der Waals surface area contributed by atoms with Crippen LogP contribution >= 0.6 is 0 Å². The minimum absolute atomic E-state index is 0.152. The van der Waals surface area contributed by atoms with E-state index in [1.165, 1.54) is 0 Å². The molecule has 3 heteroatoms. The Labute approximate surface area is 72.0 Å². The summed E-state index contributed by atoms with van der Waals surface area (Å²) in [5.74, 6) is 0. The molecule has 0 aliphatic carbocycles. The Morgan fingerprint density at radius 2 is 2.33 bits per heavy atom. The second-order valence-electron chi connectivity index (χ2n) is 3.65. The fourth-order valence-electron chi connectivity index (χ4n) is 1.86. The van der Waals surface area contributed by atoms with Crippen molar-refractivity contribution in [1.29, 1.82) is 0 Å². The Hall–Kier alpha value is -0.380. The van der Waals surface area contributed by atoms with Gasteiger partial charge in [0, 0.05) is 6.42 Å². The van der Waals surface area contributed by atoms with Crippen LogP contribution < -0.4 is 0 Å². The maximum absolute atomic E-state index is 9.76. The summed E-state index contributed by atoms with van der Waals surface area (Å²) in [5, 5.41) is 9.76. The lowest BCUT2D eigenvalue weighted by atomic mass is 9.89. The van der Waals surface area contributed by atoms with E-state index in [-0.39, 0.29) is 17.8 Å². The van der Waals surface area contributed by atoms with Crippen molar-refractivity contribution in [2.75, 3.05) is 6.61 Å². The second kappa shape index (κ2) is 2.55. The van der Waals surface area contributed by atoms with E-state index in [2.05, 4.69) is 6.58 Å². The molecule has 2 rings (SSSR count). The SMILES string of the molecule is C=C[C@H]1O[C@@H](C)C[C@@]2(CO2)[C@@H]1O. The number of ether oxygens (including phenoxy) is 2. The van der Waals surface area contributed by atoms with Gasteiger partial charge in [-0.15, -0.1) is 6.58 Å². The molecule has 0 aromatic carbocycles. The third-order valence-electron chi connectivity index (χ3n) is 2.62. The first-order chi connectivity index (χ1) is 5.68. The maximum Gasteiger partial charge on any atom is 0.123 e. The molecule has 2 saturated heterocycles. The average molecular weight is 170 g/mol. The molecule has 0 radical (unpaired) electrons. The van der Waals surface area contributed by atoms with Gasteiger partial charge in [0.15, 0.2) is 0 Å². The zero-order chi connectivity index (χ0) is 8.77. The minimum Gasteiger partial charge on any atom is -0.387 e. The van der Waals surface area contributed by atoms with Gasteiger partial charge in [-0.2, -0.15) is 0 Å². The van der Waals surface area contributed by atoms with Crippen molar-refractivity contribution < 1.29 is 14.6 Å². The number of aliphatic hydroxyl groups excluding tert-OH is 1.